The molecule has 25 heavy (non-hydrogen) atoms. The van der Waals surface area contributed by atoms with Crippen molar-refractivity contribution in [2.45, 2.75) is 51.4 Å². The summed E-state index contributed by atoms with van der Waals surface area (Å²) in [7, 11) is 0. The van der Waals surface area contributed by atoms with Gasteiger partial charge in [0.2, 0.25) is 0 Å². The lowest BCUT2D eigenvalue weighted by Crippen LogP contribution is -2.39. The number of para-hydroxylation sites is 1. The fraction of sp³-hybridized carbons (Fsp3) is 0.579. The van der Waals surface area contributed by atoms with Crippen LogP contribution in [0.1, 0.15) is 39.5 Å². The number of oxime groups is 1. The number of ether oxygens (including phenoxy) is 2. The third-order valence-electron chi connectivity index (χ3n) is 4.60. The Hall–Kier alpha value is -1.92. The molecule has 0 atom stereocenters. The van der Waals surface area contributed by atoms with Crippen LogP contribution in [0, 0.1) is 0 Å². The van der Waals surface area contributed by atoms with Gasteiger partial charge < -0.3 is 19.2 Å². The molecule has 0 radical (unpaired) electrons. The Bertz CT molecular complexity index is 597. The molecule has 2 aliphatic rings. The zero-order valence-electron chi connectivity index (χ0n) is 14.9. The molecule has 1 heterocycles. The second-order valence-electron chi connectivity index (χ2n) is 6.73. The van der Waals surface area contributed by atoms with E-state index >= 15 is 0 Å². The lowest BCUT2D eigenvalue weighted by atomic mass is 9.92. The third kappa shape index (κ3) is 4.38. The number of anilines is 1. The third-order valence-corrected chi connectivity index (χ3v) is 4.60. The first-order valence-electron chi connectivity index (χ1n) is 8.92. The molecule has 1 amide bonds. The van der Waals surface area contributed by atoms with Crippen molar-refractivity contribution in [3.8, 4) is 0 Å². The van der Waals surface area contributed by atoms with E-state index in [-0.39, 0.29) is 18.6 Å². The van der Waals surface area contributed by atoms with Gasteiger partial charge in [0.15, 0.2) is 12.4 Å². The summed E-state index contributed by atoms with van der Waals surface area (Å²) >= 11 is 0. The van der Waals surface area contributed by atoms with Gasteiger partial charge in [0.1, 0.15) is 0 Å². The molecule has 1 aliphatic heterocycles. The average Bonchev–Trinajstić information content (AvgIpc) is 3.06. The SMILES string of the molecule is CC(C)N(C(=O)CON=C1CCC2(CC1)OCCO2)c1ccccc1. The predicted octanol–water partition coefficient (Wildman–Crippen LogP) is 3.12. The summed E-state index contributed by atoms with van der Waals surface area (Å²) in [6.45, 7) is 5.25. The van der Waals surface area contributed by atoms with Gasteiger partial charge in [-0.1, -0.05) is 23.4 Å². The summed E-state index contributed by atoms with van der Waals surface area (Å²) < 4.78 is 11.4. The average molecular weight is 346 g/mol. The number of carbonyl (C=O) groups is 1. The Morgan fingerprint density at radius 2 is 1.84 bits per heavy atom. The van der Waals surface area contributed by atoms with E-state index in [0.29, 0.717) is 13.2 Å². The molecule has 1 spiro atoms. The van der Waals surface area contributed by atoms with E-state index in [4.69, 9.17) is 14.3 Å². The summed E-state index contributed by atoms with van der Waals surface area (Å²) in [5, 5.41) is 4.17. The van der Waals surface area contributed by atoms with Crippen LogP contribution in [0.3, 0.4) is 0 Å². The van der Waals surface area contributed by atoms with Crippen molar-refractivity contribution < 1.29 is 19.1 Å². The van der Waals surface area contributed by atoms with Gasteiger partial charge in [-0.25, -0.2) is 0 Å². The molecule has 1 aromatic carbocycles. The monoisotopic (exact) mass is 346 g/mol. The van der Waals surface area contributed by atoms with Crippen LogP contribution < -0.4 is 4.90 Å². The predicted molar refractivity (Wildman–Crippen MR) is 95.6 cm³/mol. The summed E-state index contributed by atoms with van der Waals surface area (Å²) in [5.41, 5.74) is 1.84. The first-order valence-corrected chi connectivity index (χ1v) is 8.92. The van der Waals surface area contributed by atoms with E-state index in [1.54, 1.807) is 4.90 Å². The Morgan fingerprint density at radius 1 is 1.20 bits per heavy atom. The minimum Gasteiger partial charge on any atom is -0.386 e. The number of carbonyl (C=O) groups excluding carboxylic acids is 1. The van der Waals surface area contributed by atoms with Crippen molar-refractivity contribution in [3.63, 3.8) is 0 Å². The van der Waals surface area contributed by atoms with Gasteiger partial charge in [0.25, 0.3) is 5.91 Å². The Kier molecular flexibility index (Phi) is 5.71. The van der Waals surface area contributed by atoms with Crippen LogP contribution in [0.4, 0.5) is 5.69 Å². The summed E-state index contributed by atoms with van der Waals surface area (Å²) in [4.78, 5) is 19.6. The molecule has 6 heteroatoms. The highest BCUT2D eigenvalue weighted by Crippen LogP contribution is 2.34. The topological polar surface area (TPSA) is 60.4 Å². The van der Waals surface area contributed by atoms with Gasteiger partial charge >= 0.3 is 0 Å². The zero-order chi connectivity index (χ0) is 17.7. The molecular formula is C19H26N2O4. The van der Waals surface area contributed by atoms with Crippen molar-refractivity contribution in [2.24, 2.45) is 5.16 Å². The second-order valence-corrected chi connectivity index (χ2v) is 6.73. The number of nitrogens with zero attached hydrogens (tertiary/aromatic N) is 2. The van der Waals surface area contributed by atoms with E-state index in [1.807, 2.05) is 44.2 Å². The Morgan fingerprint density at radius 3 is 2.44 bits per heavy atom. The summed E-state index contributed by atoms with van der Waals surface area (Å²) in [5.74, 6) is -0.503. The number of rotatable bonds is 5. The second kappa shape index (κ2) is 7.97. The normalized spacial score (nSPS) is 19.2. The maximum Gasteiger partial charge on any atom is 0.267 e. The Labute approximate surface area is 148 Å². The summed E-state index contributed by atoms with van der Waals surface area (Å²) in [6, 6.07) is 9.67. The van der Waals surface area contributed by atoms with Crippen molar-refractivity contribution in [2.75, 3.05) is 24.7 Å². The molecule has 0 bridgehead atoms. The molecular weight excluding hydrogens is 320 g/mol. The molecule has 136 valence electrons. The quantitative estimate of drug-likeness (QED) is 0.769. The van der Waals surface area contributed by atoms with Crippen LogP contribution in [0.15, 0.2) is 35.5 Å². The van der Waals surface area contributed by atoms with Crippen molar-refractivity contribution >= 4 is 17.3 Å². The molecule has 1 aliphatic carbocycles. The van der Waals surface area contributed by atoms with Crippen LogP contribution >= 0.6 is 0 Å². The van der Waals surface area contributed by atoms with Gasteiger partial charge in [-0.05, 0) is 38.8 Å². The molecule has 1 saturated carbocycles. The number of hydrogen-bond acceptors (Lipinski definition) is 5. The van der Waals surface area contributed by atoms with Crippen molar-refractivity contribution in [1.29, 1.82) is 0 Å². The van der Waals surface area contributed by atoms with E-state index in [1.165, 1.54) is 0 Å². The van der Waals surface area contributed by atoms with Crippen LogP contribution in [0.5, 0.6) is 0 Å². The molecule has 2 fully saturated rings. The molecule has 6 nitrogen and oxygen atoms in total. The Balaban J connectivity index is 1.51. The first kappa shape index (κ1) is 17.9. The molecule has 1 saturated heterocycles. The number of hydrogen-bond donors (Lipinski definition) is 0. The van der Waals surface area contributed by atoms with Crippen LogP contribution in [0.25, 0.3) is 0 Å². The van der Waals surface area contributed by atoms with E-state index < -0.39 is 5.79 Å². The van der Waals surface area contributed by atoms with Gasteiger partial charge in [-0.15, -0.1) is 0 Å². The minimum atomic E-state index is -0.406. The zero-order valence-corrected chi connectivity index (χ0v) is 14.9. The van der Waals surface area contributed by atoms with Crippen molar-refractivity contribution in [3.05, 3.63) is 30.3 Å². The fourth-order valence-electron chi connectivity index (χ4n) is 3.36. The highest BCUT2D eigenvalue weighted by Gasteiger charge is 2.39. The molecule has 0 aromatic heterocycles. The van der Waals surface area contributed by atoms with Crippen LogP contribution in [-0.2, 0) is 19.1 Å². The highest BCUT2D eigenvalue weighted by atomic mass is 16.7. The molecule has 0 N–H and O–H groups in total. The van der Waals surface area contributed by atoms with Crippen LogP contribution in [0.2, 0.25) is 0 Å². The minimum absolute atomic E-state index is 0.0531. The fourth-order valence-corrected chi connectivity index (χ4v) is 3.36. The maximum atomic E-state index is 12.5. The standard InChI is InChI=1S/C19H26N2O4/c1-15(2)21(17-6-4-3-5-7-17)18(22)14-25-20-16-8-10-19(11-9-16)23-12-13-24-19/h3-7,15H,8-14H2,1-2H3. The summed E-state index contributed by atoms with van der Waals surface area (Å²) in [6.07, 6.45) is 3.15. The lowest BCUT2D eigenvalue weighted by Gasteiger charge is -2.31. The first-order chi connectivity index (χ1) is 12.1. The van der Waals surface area contributed by atoms with Gasteiger partial charge in [0.05, 0.1) is 18.9 Å². The van der Waals surface area contributed by atoms with Crippen LogP contribution in [-0.4, -0.2) is 43.3 Å². The van der Waals surface area contributed by atoms with Crippen molar-refractivity contribution in [1.82, 2.24) is 0 Å². The number of amides is 1. The van der Waals surface area contributed by atoms with E-state index in [2.05, 4.69) is 5.16 Å². The van der Waals surface area contributed by atoms with Gasteiger partial charge in [-0.2, -0.15) is 0 Å². The number of benzene rings is 1. The highest BCUT2D eigenvalue weighted by molar-refractivity contribution is 5.94. The molecule has 3 rings (SSSR count). The van der Waals surface area contributed by atoms with E-state index in [0.717, 1.165) is 37.1 Å². The van der Waals surface area contributed by atoms with Gasteiger partial charge in [0, 0.05) is 24.6 Å². The smallest absolute Gasteiger partial charge is 0.267 e. The maximum absolute atomic E-state index is 12.5. The molecule has 0 unspecified atom stereocenters. The van der Waals surface area contributed by atoms with Gasteiger partial charge in [-0.3, -0.25) is 4.79 Å². The largest absolute Gasteiger partial charge is 0.386 e. The molecule has 1 aromatic rings. The van der Waals surface area contributed by atoms with E-state index in [9.17, 15) is 4.79 Å². The lowest BCUT2D eigenvalue weighted by molar-refractivity contribution is -0.168.